The van der Waals surface area contributed by atoms with Crippen LogP contribution in [0, 0.1) is 0 Å². The van der Waals surface area contributed by atoms with E-state index in [9.17, 15) is 4.79 Å². The van der Waals surface area contributed by atoms with Crippen LogP contribution in [0.3, 0.4) is 0 Å². The normalized spacial score (nSPS) is 13.1. The van der Waals surface area contributed by atoms with Crippen molar-refractivity contribution in [1.82, 2.24) is 15.2 Å². The Morgan fingerprint density at radius 1 is 1.07 bits per heavy atom. The molecule has 0 saturated carbocycles. The molecule has 0 saturated heterocycles. The highest BCUT2D eigenvalue weighted by Gasteiger charge is 2.24. The second-order valence-corrected chi connectivity index (χ2v) is 6.99. The molecule has 0 aliphatic carbocycles. The van der Waals surface area contributed by atoms with Crippen molar-refractivity contribution in [3.8, 4) is 0 Å². The second kappa shape index (κ2) is 8.17. The summed E-state index contributed by atoms with van der Waals surface area (Å²) in [5.41, 5.74) is 3.80. The molecule has 1 aromatic carbocycles. The minimum absolute atomic E-state index is 0.0920. The summed E-state index contributed by atoms with van der Waals surface area (Å²) in [7, 11) is 1.98. The number of anilines is 2. The second-order valence-electron chi connectivity index (χ2n) is 6.99. The standard InChI is InChI=1S/C22H23N5O/c1-26(16-12-17-10-13-23-14-11-17)21-9-8-19(24-25-21)22(28)27-15-4-6-18-5-2-3-7-20(18)27/h2-3,5,7-11,13-14H,4,6,12,15-16H2,1H3. The number of aryl methyl sites for hydroxylation is 1. The molecule has 142 valence electrons. The lowest BCUT2D eigenvalue weighted by molar-refractivity contribution is 0.0979. The van der Waals surface area contributed by atoms with Gasteiger partial charge in [0.2, 0.25) is 0 Å². The van der Waals surface area contributed by atoms with E-state index < -0.39 is 0 Å². The lowest BCUT2D eigenvalue weighted by Gasteiger charge is -2.29. The SMILES string of the molecule is CN(CCc1ccncc1)c1ccc(C(=O)N2CCCc3ccccc32)nn1. The van der Waals surface area contributed by atoms with E-state index in [-0.39, 0.29) is 5.91 Å². The number of carbonyl (C=O) groups excluding carboxylic acids is 1. The Bertz CT molecular complexity index is 943. The Morgan fingerprint density at radius 3 is 2.68 bits per heavy atom. The molecule has 0 N–H and O–H groups in total. The van der Waals surface area contributed by atoms with Crippen molar-refractivity contribution in [3.63, 3.8) is 0 Å². The maximum absolute atomic E-state index is 13.0. The van der Waals surface area contributed by atoms with Crippen LogP contribution in [0.15, 0.2) is 60.9 Å². The average molecular weight is 373 g/mol. The molecule has 6 nitrogen and oxygen atoms in total. The average Bonchev–Trinajstić information content (AvgIpc) is 2.77. The smallest absolute Gasteiger partial charge is 0.278 e. The van der Waals surface area contributed by atoms with Crippen LogP contribution in [-0.2, 0) is 12.8 Å². The van der Waals surface area contributed by atoms with E-state index in [0.717, 1.165) is 37.3 Å². The number of carbonyl (C=O) groups is 1. The Balaban J connectivity index is 1.44. The van der Waals surface area contributed by atoms with E-state index in [1.54, 1.807) is 18.5 Å². The predicted molar refractivity (Wildman–Crippen MR) is 110 cm³/mol. The number of hydrogen-bond acceptors (Lipinski definition) is 5. The summed E-state index contributed by atoms with van der Waals surface area (Å²) in [5.74, 6) is 0.662. The molecule has 28 heavy (non-hydrogen) atoms. The molecule has 0 bridgehead atoms. The first-order valence-electron chi connectivity index (χ1n) is 9.56. The highest BCUT2D eigenvalue weighted by Crippen LogP contribution is 2.27. The Hall–Kier alpha value is -3.28. The zero-order valence-corrected chi connectivity index (χ0v) is 16.0. The van der Waals surface area contributed by atoms with Crippen LogP contribution in [-0.4, -0.2) is 41.2 Å². The Morgan fingerprint density at radius 2 is 1.89 bits per heavy atom. The molecule has 3 aromatic rings. The summed E-state index contributed by atoms with van der Waals surface area (Å²) in [5, 5.41) is 8.49. The lowest BCUT2D eigenvalue weighted by atomic mass is 10.0. The van der Waals surface area contributed by atoms with Crippen molar-refractivity contribution >= 4 is 17.4 Å². The summed E-state index contributed by atoms with van der Waals surface area (Å²) in [6, 6.07) is 15.7. The number of fused-ring (bicyclic) bond motifs is 1. The molecule has 3 heterocycles. The van der Waals surface area contributed by atoms with Crippen LogP contribution in [0.25, 0.3) is 0 Å². The summed E-state index contributed by atoms with van der Waals surface area (Å²) in [6.45, 7) is 1.52. The maximum atomic E-state index is 13.0. The van der Waals surface area contributed by atoms with Crippen LogP contribution in [0.4, 0.5) is 11.5 Å². The van der Waals surface area contributed by atoms with E-state index in [4.69, 9.17) is 0 Å². The number of pyridine rings is 1. The lowest BCUT2D eigenvalue weighted by Crippen LogP contribution is -2.36. The van der Waals surface area contributed by atoms with Crippen LogP contribution in [0.1, 0.15) is 28.0 Å². The van der Waals surface area contributed by atoms with E-state index in [1.165, 1.54) is 11.1 Å². The highest BCUT2D eigenvalue weighted by atomic mass is 16.2. The van der Waals surface area contributed by atoms with Crippen molar-refractivity contribution in [2.75, 3.05) is 29.9 Å². The van der Waals surface area contributed by atoms with Gasteiger partial charge in [0.15, 0.2) is 11.5 Å². The Kier molecular flexibility index (Phi) is 5.28. The number of nitrogens with zero attached hydrogens (tertiary/aromatic N) is 5. The van der Waals surface area contributed by atoms with Gasteiger partial charge in [-0.3, -0.25) is 9.78 Å². The van der Waals surface area contributed by atoms with E-state index in [1.807, 2.05) is 53.2 Å². The molecule has 1 amide bonds. The molecule has 0 atom stereocenters. The number of amides is 1. The van der Waals surface area contributed by atoms with E-state index in [0.29, 0.717) is 12.2 Å². The number of benzene rings is 1. The van der Waals surface area contributed by atoms with E-state index in [2.05, 4.69) is 21.2 Å². The quantitative estimate of drug-likeness (QED) is 0.688. The minimum atomic E-state index is -0.0920. The molecule has 0 radical (unpaired) electrons. The first kappa shape index (κ1) is 18.1. The third-order valence-corrected chi connectivity index (χ3v) is 5.10. The van der Waals surface area contributed by atoms with Crippen molar-refractivity contribution in [1.29, 1.82) is 0 Å². The highest BCUT2D eigenvalue weighted by molar-refractivity contribution is 6.05. The molecule has 6 heteroatoms. The van der Waals surface area contributed by atoms with Gasteiger partial charge in [-0.1, -0.05) is 18.2 Å². The molecule has 2 aromatic heterocycles. The van der Waals surface area contributed by atoms with E-state index >= 15 is 0 Å². The topological polar surface area (TPSA) is 62.2 Å². The van der Waals surface area contributed by atoms with Gasteiger partial charge >= 0.3 is 0 Å². The molecule has 0 unspecified atom stereocenters. The monoisotopic (exact) mass is 373 g/mol. The Labute approximate surface area is 164 Å². The molecular weight excluding hydrogens is 350 g/mol. The first-order chi connectivity index (χ1) is 13.7. The van der Waals surface area contributed by atoms with Gasteiger partial charge in [0.05, 0.1) is 0 Å². The minimum Gasteiger partial charge on any atom is -0.358 e. The van der Waals surface area contributed by atoms with Crippen LogP contribution < -0.4 is 9.80 Å². The molecule has 0 spiro atoms. The van der Waals surface area contributed by atoms with Crippen LogP contribution in [0.2, 0.25) is 0 Å². The summed E-state index contributed by atoms with van der Waals surface area (Å²) in [6.07, 6.45) is 6.47. The number of likely N-dealkylation sites (N-methyl/N-ethyl adjacent to an activating group) is 1. The van der Waals surface area contributed by atoms with Crippen LogP contribution in [0.5, 0.6) is 0 Å². The van der Waals surface area contributed by atoms with Crippen molar-refractivity contribution in [2.24, 2.45) is 0 Å². The number of hydrogen-bond donors (Lipinski definition) is 0. The first-order valence-corrected chi connectivity index (χ1v) is 9.56. The fraction of sp³-hybridized carbons (Fsp3) is 0.273. The van der Waals surface area contributed by atoms with Gasteiger partial charge in [-0.2, -0.15) is 0 Å². The van der Waals surface area contributed by atoms with Gasteiger partial charge in [-0.15, -0.1) is 10.2 Å². The van der Waals surface area contributed by atoms with Gasteiger partial charge < -0.3 is 9.80 Å². The molecular formula is C22H23N5O. The zero-order valence-electron chi connectivity index (χ0n) is 16.0. The summed E-state index contributed by atoms with van der Waals surface area (Å²) in [4.78, 5) is 20.9. The van der Waals surface area contributed by atoms with Gasteiger partial charge in [-0.05, 0) is 60.7 Å². The maximum Gasteiger partial charge on any atom is 0.278 e. The predicted octanol–water partition coefficient (Wildman–Crippen LogP) is 3.14. The zero-order chi connectivity index (χ0) is 19.3. The number of para-hydroxylation sites is 1. The fourth-order valence-electron chi connectivity index (χ4n) is 3.49. The third-order valence-electron chi connectivity index (χ3n) is 5.10. The summed E-state index contributed by atoms with van der Waals surface area (Å²) >= 11 is 0. The van der Waals surface area contributed by atoms with Gasteiger partial charge in [0.25, 0.3) is 5.91 Å². The van der Waals surface area contributed by atoms with Crippen molar-refractivity contribution in [3.05, 3.63) is 77.7 Å². The van der Waals surface area contributed by atoms with Gasteiger partial charge in [-0.25, -0.2) is 0 Å². The fourth-order valence-corrected chi connectivity index (χ4v) is 3.49. The van der Waals surface area contributed by atoms with Crippen LogP contribution >= 0.6 is 0 Å². The molecule has 4 rings (SSSR count). The summed E-state index contributed by atoms with van der Waals surface area (Å²) < 4.78 is 0. The van der Waals surface area contributed by atoms with Crippen molar-refractivity contribution in [2.45, 2.75) is 19.3 Å². The van der Waals surface area contributed by atoms with Gasteiger partial charge in [0, 0.05) is 38.2 Å². The largest absolute Gasteiger partial charge is 0.358 e. The van der Waals surface area contributed by atoms with Crippen molar-refractivity contribution < 1.29 is 4.79 Å². The molecule has 0 fully saturated rings. The molecule has 1 aliphatic rings. The third kappa shape index (κ3) is 3.86. The number of rotatable bonds is 5. The van der Waals surface area contributed by atoms with Gasteiger partial charge in [0.1, 0.15) is 0 Å². The molecule has 1 aliphatic heterocycles. The number of aromatic nitrogens is 3.